The lowest BCUT2D eigenvalue weighted by atomic mass is 9.91. The Labute approximate surface area is 180 Å². The Morgan fingerprint density at radius 1 is 1.17 bits per heavy atom. The van der Waals surface area contributed by atoms with Crippen molar-refractivity contribution in [2.24, 2.45) is 13.0 Å². The lowest BCUT2D eigenvalue weighted by Gasteiger charge is -2.28. The van der Waals surface area contributed by atoms with Gasteiger partial charge in [0.05, 0.1) is 12.6 Å². The van der Waals surface area contributed by atoms with Gasteiger partial charge in [-0.25, -0.2) is 0 Å². The lowest BCUT2D eigenvalue weighted by molar-refractivity contribution is -0.152. The molecule has 1 unspecified atom stereocenters. The molecule has 2 heterocycles. The number of carbonyl (C=O) groups excluding carboxylic acids is 2. The van der Waals surface area contributed by atoms with E-state index in [0.29, 0.717) is 6.54 Å². The summed E-state index contributed by atoms with van der Waals surface area (Å²) in [4.78, 5) is 28.6. The van der Waals surface area contributed by atoms with Crippen molar-refractivity contribution in [3.05, 3.63) is 36.0 Å². The fraction of sp³-hybridized carbons (Fsp3) is 0.565. The van der Waals surface area contributed by atoms with Gasteiger partial charge in [-0.1, -0.05) is 31.5 Å². The summed E-state index contributed by atoms with van der Waals surface area (Å²) >= 11 is 0. The van der Waals surface area contributed by atoms with E-state index in [4.69, 9.17) is 9.16 Å². The lowest BCUT2D eigenvalue weighted by Crippen LogP contribution is -2.42. The summed E-state index contributed by atoms with van der Waals surface area (Å²) in [5, 5.41) is 1.06. The summed E-state index contributed by atoms with van der Waals surface area (Å²) in [6.07, 6.45) is 3.10. The number of likely N-dealkylation sites (tertiary alicyclic amines) is 1. The van der Waals surface area contributed by atoms with Crippen LogP contribution in [0.1, 0.15) is 38.3 Å². The number of aryl methyl sites for hydroxylation is 1. The average molecular weight is 431 g/mol. The molecule has 7 heteroatoms. The van der Waals surface area contributed by atoms with E-state index in [1.165, 1.54) is 0 Å². The molecule has 0 bridgehead atoms. The molecule has 1 aliphatic heterocycles. The normalized spacial score (nSPS) is 22.1. The maximum atomic E-state index is 13.5. The summed E-state index contributed by atoms with van der Waals surface area (Å²) in [7, 11) is -0.0806. The highest BCUT2D eigenvalue weighted by atomic mass is 28.4. The Hall–Kier alpha value is -2.12. The van der Waals surface area contributed by atoms with Crippen LogP contribution < -0.4 is 0 Å². The first-order valence-electron chi connectivity index (χ1n) is 10.9. The van der Waals surface area contributed by atoms with Gasteiger partial charge >= 0.3 is 5.97 Å². The van der Waals surface area contributed by atoms with Crippen molar-refractivity contribution in [1.82, 2.24) is 9.47 Å². The van der Waals surface area contributed by atoms with Crippen molar-refractivity contribution in [3.8, 4) is 0 Å². The van der Waals surface area contributed by atoms with Crippen LogP contribution in [0.4, 0.5) is 0 Å². The quantitative estimate of drug-likeness (QED) is 0.464. The summed E-state index contributed by atoms with van der Waals surface area (Å²) in [5.74, 6) is -1.13. The number of aromatic nitrogens is 1. The largest absolute Gasteiger partial charge is 0.466 e. The molecule has 0 saturated carbocycles. The van der Waals surface area contributed by atoms with Crippen LogP contribution in [-0.4, -0.2) is 48.9 Å². The highest BCUT2D eigenvalue weighted by molar-refractivity contribution is 6.70. The van der Waals surface area contributed by atoms with Gasteiger partial charge < -0.3 is 18.6 Å². The van der Waals surface area contributed by atoms with Gasteiger partial charge in [-0.15, -0.1) is 0 Å². The fourth-order valence-corrected chi connectivity index (χ4v) is 5.37. The van der Waals surface area contributed by atoms with Crippen molar-refractivity contribution in [2.45, 2.75) is 58.5 Å². The van der Waals surface area contributed by atoms with Gasteiger partial charge in [-0.2, -0.15) is 0 Å². The molecule has 1 aliphatic rings. The minimum atomic E-state index is -2.08. The molecule has 1 fully saturated rings. The number of unbranched alkanes of at least 4 members (excludes halogenated alkanes) is 1. The number of benzene rings is 1. The molecule has 1 amide bonds. The molecule has 1 saturated heterocycles. The standard InChI is InChI=1S/C23H34N2O4Si/c1-7-9-14-25-20(17-15-24(3)18-13-11-10-12-16(17)18)19(23(27)28-8-2)21(22(25)26)29-30(4,5)6/h10-13,15,19-21H,7-9,14H2,1-6H3/t19-,20-,21?/m1/s1. The molecule has 1 aromatic carbocycles. The Balaban J connectivity index is 2.16. The van der Waals surface area contributed by atoms with Gasteiger partial charge in [0.25, 0.3) is 5.91 Å². The number of fused-ring (bicyclic) bond motifs is 1. The molecule has 0 aliphatic carbocycles. The van der Waals surface area contributed by atoms with E-state index in [1.54, 1.807) is 6.92 Å². The summed E-state index contributed by atoms with van der Waals surface area (Å²) in [6.45, 7) is 10.9. The number of amides is 1. The summed E-state index contributed by atoms with van der Waals surface area (Å²) < 4.78 is 13.8. The number of ether oxygens (including phenoxy) is 1. The smallest absolute Gasteiger partial charge is 0.314 e. The van der Waals surface area contributed by atoms with E-state index >= 15 is 0 Å². The third-order valence-corrected chi connectivity index (χ3v) is 6.53. The van der Waals surface area contributed by atoms with Crippen LogP contribution in [0.3, 0.4) is 0 Å². The second-order valence-corrected chi connectivity index (χ2v) is 13.4. The first kappa shape index (κ1) is 22.6. The van der Waals surface area contributed by atoms with Gasteiger partial charge in [-0.05, 0) is 39.1 Å². The predicted molar refractivity (Wildman–Crippen MR) is 121 cm³/mol. The minimum absolute atomic E-state index is 0.0955. The number of hydrogen-bond donors (Lipinski definition) is 0. The van der Waals surface area contributed by atoms with Gasteiger partial charge in [0, 0.05) is 36.3 Å². The number of carbonyl (C=O) groups is 2. The first-order valence-corrected chi connectivity index (χ1v) is 14.3. The molecule has 2 aromatic rings. The third-order valence-electron chi connectivity index (χ3n) is 5.57. The van der Waals surface area contributed by atoms with E-state index in [0.717, 1.165) is 29.3 Å². The zero-order valence-corrected chi connectivity index (χ0v) is 20.0. The monoisotopic (exact) mass is 430 g/mol. The van der Waals surface area contributed by atoms with E-state index in [2.05, 4.69) is 23.6 Å². The fourth-order valence-electron chi connectivity index (χ4n) is 4.36. The molecule has 3 rings (SSSR count). The van der Waals surface area contributed by atoms with Crippen molar-refractivity contribution >= 4 is 31.1 Å². The first-order chi connectivity index (χ1) is 14.2. The predicted octanol–water partition coefficient (Wildman–Crippen LogP) is 4.26. The number of nitrogens with zero attached hydrogens (tertiary/aromatic N) is 2. The van der Waals surface area contributed by atoms with Crippen molar-refractivity contribution in [2.75, 3.05) is 13.2 Å². The van der Waals surface area contributed by atoms with Crippen LogP contribution in [0.25, 0.3) is 10.9 Å². The van der Waals surface area contributed by atoms with Crippen LogP contribution in [0.2, 0.25) is 19.6 Å². The Morgan fingerprint density at radius 2 is 1.87 bits per heavy atom. The number of hydrogen-bond acceptors (Lipinski definition) is 4. The van der Waals surface area contributed by atoms with E-state index in [9.17, 15) is 9.59 Å². The van der Waals surface area contributed by atoms with Crippen molar-refractivity contribution in [1.29, 1.82) is 0 Å². The zero-order chi connectivity index (χ0) is 22.1. The molecule has 0 N–H and O–H groups in total. The van der Waals surface area contributed by atoms with E-state index in [-0.39, 0.29) is 18.5 Å². The second kappa shape index (κ2) is 8.94. The average Bonchev–Trinajstić information content (AvgIpc) is 3.14. The van der Waals surface area contributed by atoms with E-state index < -0.39 is 26.4 Å². The van der Waals surface area contributed by atoms with Crippen molar-refractivity contribution < 1.29 is 18.8 Å². The zero-order valence-electron chi connectivity index (χ0n) is 19.0. The Kier molecular flexibility index (Phi) is 6.72. The van der Waals surface area contributed by atoms with Crippen molar-refractivity contribution in [3.63, 3.8) is 0 Å². The SMILES string of the molecule is CCCCN1C(=O)C(O[Si](C)(C)C)[C@H](C(=O)OCC)[C@H]1c1cn(C)c2ccccc12. The van der Waals surface area contributed by atoms with E-state index in [1.807, 2.05) is 49.9 Å². The number of para-hydroxylation sites is 1. The number of esters is 1. The van der Waals surface area contributed by atoms with Crippen LogP contribution in [0.5, 0.6) is 0 Å². The molecule has 0 spiro atoms. The molecule has 6 nitrogen and oxygen atoms in total. The molecule has 30 heavy (non-hydrogen) atoms. The topological polar surface area (TPSA) is 60.8 Å². The highest BCUT2D eigenvalue weighted by Crippen LogP contribution is 2.44. The molecule has 0 radical (unpaired) electrons. The molecule has 3 atom stereocenters. The minimum Gasteiger partial charge on any atom is -0.466 e. The third kappa shape index (κ3) is 4.32. The molecule has 164 valence electrons. The summed E-state index contributed by atoms with van der Waals surface area (Å²) in [6, 6.07) is 7.72. The van der Waals surface area contributed by atoms with Crippen LogP contribution in [0.15, 0.2) is 30.5 Å². The van der Waals surface area contributed by atoms with Crippen LogP contribution >= 0.6 is 0 Å². The summed E-state index contributed by atoms with van der Waals surface area (Å²) in [5.41, 5.74) is 2.06. The Morgan fingerprint density at radius 3 is 2.50 bits per heavy atom. The van der Waals surface area contributed by atoms with Crippen LogP contribution in [-0.2, 0) is 25.8 Å². The van der Waals surface area contributed by atoms with Gasteiger partial charge in [0.1, 0.15) is 12.0 Å². The van der Waals surface area contributed by atoms with Gasteiger partial charge in [0.2, 0.25) is 0 Å². The number of rotatable bonds is 8. The maximum absolute atomic E-state index is 13.5. The maximum Gasteiger partial charge on any atom is 0.314 e. The highest BCUT2D eigenvalue weighted by Gasteiger charge is 2.55. The molecular formula is C23H34N2O4Si. The van der Waals surface area contributed by atoms with Gasteiger partial charge in [0.15, 0.2) is 8.32 Å². The molecule has 1 aromatic heterocycles. The van der Waals surface area contributed by atoms with Crippen LogP contribution in [0, 0.1) is 5.92 Å². The Bertz CT molecular complexity index is 918. The molecular weight excluding hydrogens is 396 g/mol. The van der Waals surface area contributed by atoms with Gasteiger partial charge in [-0.3, -0.25) is 9.59 Å². The second-order valence-electron chi connectivity index (χ2n) is 8.97.